The van der Waals surface area contributed by atoms with E-state index in [0.717, 1.165) is 0 Å². The second-order valence-corrected chi connectivity index (χ2v) is 11.4. The quantitative estimate of drug-likeness (QED) is 0.114. The lowest BCUT2D eigenvalue weighted by Crippen LogP contribution is -2.40. The van der Waals surface area contributed by atoms with Gasteiger partial charge in [-0.15, -0.1) is 0 Å². The molecule has 0 radical (unpaired) electrons. The van der Waals surface area contributed by atoms with Crippen LogP contribution < -0.4 is 19.6 Å². The fourth-order valence-electron chi connectivity index (χ4n) is 5.46. The number of hydrogen-bond donors (Lipinski definition) is 0. The summed E-state index contributed by atoms with van der Waals surface area (Å²) < 4.78 is 19.1. The summed E-state index contributed by atoms with van der Waals surface area (Å²) in [7, 11) is 0. The number of rotatable bonds is 9. The second-order valence-electron chi connectivity index (χ2n) is 10.3. The van der Waals surface area contributed by atoms with E-state index in [2.05, 4.69) is 0 Å². The van der Waals surface area contributed by atoms with Gasteiger partial charge in [-0.2, -0.15) is 0 Å². The molecule has 5 aromatic rings. The molecular weight excluding hydrogens is 606 g/mol. The normalized spacial score (nSPS) is 14.5. The van der Waals surface area contributed by atoms with Gasteiger partial charge in [0, 0.05) is 28.8 Å². The molecule has 0 amide bonds. The molecular formula is C35H29N3O7S. The molecule has 0 N–H and O–H groups in total. The summed E-state index contributed by atoms with van der Waals surface area (Å²) in [4.78, 5) is 44.1. The summed E-state index contributed by atoms with van der Waals surface area (Å²) in [6, 6.07) is 24.0. The van der Waals surface area contributed by atoms with Crippen molar-refractivity contribution in [2.75, 3.05) is 13.2 Å². The number of ether oxygens (including phenoxy) is 2. The number of nitro groups is 1. The number of furan rings is 1. The molecule has 3 aromatic carbocycles. The first-order valence-electron chi connectivity index (χ1n) is 14.7. The van der Waals surface area contributed by atoms with Crippen molar-refractivity contribution in [3.63, 3.8) is 0 Å². The maximum Gasteiger partial charge on any atom is 0.338 e. The van der Waals surface area contributed by atoms with Crippen LogP contribution in [0.2, 0.25) is 0 Å². The molecule has 0 saturated heterocycles. The smallest absolute Gasteiger partial charge is 0.338 e. The molecule has 0 bridgehead atoms. The Labute approximate surface area is 267 Å². The van der Waals surface area contributed by atoms with Crippen LogP contribution in [0.1, 0.15) is 42.3 Å². The molecule has 0 aliphatic carbocycles. The molecule has 2 aromatic heterocycles. The Kier molecular flexibility index (Phi) is 8.49. The van der Waals surface area contributed by atoms with Crippen LogP contribution in [0.15, 0.2) is 105 Å². The molecule has 0 fully saturated rings. The summed E-state index contributed by atoms with van der Waals surface area (Å²) in [5.74, 6) is 0.914. The second kappa shape index (κ2) is 12.8. The van der Waals surface area contributed by atoms with E-state index in [1.54, 1.807) is 56.3 Å². The third-order valence-electron chi connectivity index (χ3n) is 7.55. The van der Waals surface area contributed by atoms with Gasteiger partial charge in [0.2, 0.25) is 0 Å². The largest absolute Gasteiger partial charge is 0.494 e. The number of carbonyl (C=O) groups excluding carboxylic acids is 1. The molecule has 46 heavy (non-hydrogen) atoms. The van der Waals surface area contributed by atoms with Gasteiger partial charge in [0.25, 0.3) is 11.2 Å². The lowest BCUT2D eigenvalue weighted by molar-refractivity contribution is -0.385. The molecule has 232 valence electrons. The molecule has 0 spiro atoms. The zero-order valence-electron chi connectivity index (χ0n) is 25.3. The summed E-state index contributed by atoms with van der Waals surface area (Å²) in [5.41, 5.74) is 2.75. The number of aromatic nitrogens is 1. The highest BCUT2D eigenvalue weighted by Gasteiger charge is 2.35. The van der Waals surface area contributed by atoms with Gasteiger partial charge in [0.05, 0.1) is 40.0 Å². The fourth-order valence-corrected chi connectivity index (χ4v) is 6.44. The molecule has 0 unspecified atom stereocenters. The number of nitro benzene ring substituents is 1. The van der Waals surface area contributed by atoms with Crippen LogP contribution in [0.25, 0.3) is 23.1 Å². The van der Waals surface area contributed by atoms with Crippen LogP contribution >= 0.6 is 11.3 Å². The molecule has 3 heterocycles. The molecule has 1 aliphatic rings. The van der Waals surface area contributed by atoms with E-state index in [0.29, 0.717) is 61.2 Å². The zero-order chi connectivity index (χ0) is 32.4. The van der Waals surface area contributed by atoms with Crippen molar-refractivity contribution < 1.29 is 23.6 Å². The first-order chi connectivity index (χ1) is 22.3. The lowest BCUT2D eigenvalue weighted by Gasteiger charge is -2.26. The number of carbonyl (C=O) groups is 1. The van der Waals surface area contributed by atoms with Crippen molar-refractivity contribution in [1.29, 1.82) is 0 Å². The summed E-state index contributed by atoms with van der Waals surface area (Å²) in [6.07, 6.45) is 1.62. The molecule has 0 saturated carbocycles. The first-order valence-corrected chi connectivity index (χ1v) is 15.5. The number of hydrogen-bond acceptors (Lipinski definition) is 9. The number of esters is 1. The molecule has 1 atom stereocenters. The Morgan fingerprint density at radius 2 is 1.78 bits per heavy atom. The van der Waals surface area contributed by atoms with Crippen molar-refractivity contribution in [3.05, 3.63) is 143 Å². The first kappa shape index (κ1) is 30.5. The monoisotopic (exact) mass is 635 g/mol. The molecule has 10 nitrogen and oxygen atoms in total. The van der Waals surface area contributed by atoms with Crippen molar-refractivity contribution in [3.8, 4) is 17.1 Å². The van der Waals surface area contributed by atoms with Crippen molar-refractivity contribution >= 4 is 34.8 Å². The van der Waals surface area contributed by atoms with Gasteiger partial charge >= 0.3 is 5.97 Å². The van der Waals surface area contributed by atoms with Crippen LogP contribution in [-0.4, -0.2) is 28.7 Å². The minimum atomic E-state index is -0.831. The van der Waals surface area contributed by atoms with Crippen molar-refractivity contribution in [2.45, 2.75) is 26.8 Å². The molecule has 1 aliphatic heterocycles. The van der Waals surface area contributed by atoms with E-state index < -0.39 is 16.9 Å². The predicted octanol–water partition coefficient (Wildman–Crippen LogP) is 5.81. The van der Waals surface area contributed by atoms with Gasteiger partial charge in [-0.25, -0.2) is 9.79 Å². The average molecular weight is 636 g/mol. The third-order valence-corrected chi connectivity index (χ3v) is 8.53. The Hall–Kier alpha value is -5.55. The molecule has 6 rings (SSSR count). The average Bonchev–Trinajstić information content (AvgIpc) is 3.65. The number of nitrogens with zero attached hydrogens (tertiary/aromatic N) is 3. The van der Waals surface area contributed by atoms with Crippen molar-refractivity contribution in [1.82, 2.24) is 4.57 Å². The Morgan fingerprint density at radius 1 is 1.02 bits per heavy atom. The number of fused-ring (bicyclic) bond motifs is 1. The minimum absolute atomic E-state index is 0.00956. The highest BCUT2D eigenvalue weighted by molar-refractivity contribution is 7.07. The van der Waals surface area contributed by atoms with Gasteiger partial charge in [-0.3, -0.25) is 19.5 Å². The maximum atomic E-state index is 14.2. The van der Waals surface area contributed by atoms with Gasteiger partial charge in [0.1, 0.15) is 17.3 Å². The van der Waals surface area contributed by atoms with Crippen LogP contribution in [0.5, 0.6) is 5.75 Å². The van der Waals surface area contributed by atoms with Gasteiger partial charge in [-0.05, 0) is 50.6 Å². The SMILES string of the molecule is CCOC(=O)C1=C(c2ccccc2)N=c2s/c(=C\c3ccc(-c4cccc([N+](=O)[O-])c4C)o3)c(=O)n2[C@@H]1c1ccc(OCC)cc1. The Balaban J connectivity index is 1.53. The van der Waals surface area contributed by atoms with E-state index in [9.17, 15) is 19.7 Å². The van der Waals surface area contributed by atoms with E-state index in [1.165, 1.54) is 22.0 Å². The third kappa shape index (κ3) is 5.68. The lowest BCUT2D eigenvalue weighted by atomic mass is 9.93. The maximum absolute atomic E-state index is 14.2. The van der Waals surface area contributed by atoms with E-state index in [1.807, 2.05) is 49.4 Å². The summed E-state index contributed by atoms with van der Waals surface area (Å²) in [6.45, 7) is 5.94. The number of benzene rings is 3. The highest BCUT2D eigenvalue weighted by Crippen LogP contribution is 2.36. The van der Waals surface area contributed by atoms with Crippen molar-refractivity contribution in [2.24, 2.45) is 4.99 Å². The topological polar surface area (TPSA) is 126 Å². The molecule has 11 heteroatoms. The van der Waals surface area contributed by atoms with E-state index in [4.69, 9.17) is 18.9 Å². The fraction of sp³-hybridized carbons (Fsp3) is 0.171. The van der Waals surface area contributed by atoms with Gasteiger partial charge < -0.3 is 13.9 Å². The van der Waals surface area contributed by atoms with Gasteiger partial charge in [-0.1, -0.05) is 65.9 Å². The zero-order valence-corrected chi connectivity index (χ0v) is 26.1. The highest BCUT2D eigenvalue weighted by atomic mass is 32.1. The Bertz CT molecular complexity index is 2160. The summed E-state index contributed by atoms with van der Waals surface area (Å²) in [5, 5.41) is 11.5. The summed E-state index contributed by atoms with van der Waals surface area (Å²) >= 11 is 1.17. The van der Waals surface area contributed by atoms with Crippen LogP contribution in [0, 0.1) is 17.0 Å². The minimum Gasteiger partial charge on any atom is -0.494 e. The Morgan fingerprint density at radius 3 is 2.48 bits per heavy atom. The standard InChI is InChI=1S/C35H29N3O7S/c1-4-43-24-16-14-23(15-17-24)32-30(34(40)44-5-2)31(22-10-7-6-8-11-22)36-35-37(32)33(39)29(46-35)20-25-18-19-28(45-25)26-12-9-13-27(21(26)3)38(41)42/h6-20,32H,4-5H2,1-3H3/b29-20-/t32-/m1/s1. The van der Waals surface area contributed by atoms with E-state index in [-0.39, 0.29) is 23.4 Å². The van der Waals surface area contributed by atoms with Crippen LogP contribution in [0.4, 0.5) is 5.69 Å². The van der Waals surface area contributed by atoms with Crippen LogP contribution in [-0.2, 0) is 9.53 Å². The van der Waals surface area contributed by atoms with E-state index >= 15 is 0 Å². The van der Waals surface area contributed by atoms with Gasteiger partial charge in [0.15, 0.2) is 4.80 Å². The number of thiazole rings is 1. The predicted molar refractivity (Wildman–Crippen MR) is 174 cm³/mol. The van der Waals surface area contributed by atoms with Crippen LogP contribution in [0.3, 0.4) is 0 Å².